The van der Waals surface area contributed by atoms with Crippen LogP contribution < -0.4 is 10.1 Å². The van der Waals surface area contributed by atoms with E-state index >= 15 is 0 Å². The van der Waals surface area contributed by atoms with E-state index in [9.17, 15) is 9.59 Å². The van der Waals surface area contributed by atoms with Crippen LogP contribution in [0.5, 0.6) is 5.75 Å². The predicted octanol–water partition coefficient (Wildman–Crippen LogP) is 3.94. The van der Waals surface area contributed by atoms with E-state index in [1.165, 1.54) is 16.7 Å². The van der Waals surface area contributed by atoms with Gasteiger partial charge in [-0.25, -0.2) is 0 Å². The number of carbonyl (C=O) groups is 2. The normalized spacial score (nSPS) is 15.1. The van der Waals surface area contributed by atoms with Gasteiger partial charge in [0.05, 0.1) is 12.0 Å². The Balaban J connectivity index is 1.60. The second-order valence-corrected chi connectivity index (χ2v) is 8.34. The van der Waals surface area contributed by atoms with E-state index in [2.05, 4.69) is 5.32 Å². The van der Waals surface area contributed by atoms with Crippen LogP contribution in [-0.2, 0) is 4.79 Å². The largest absolute Gasteiger partial charge is 0.497 e. The second-order valence-electron chi connectivity index (χ2n) is 6.66. The van der Waals surface area contributed by atoms with Gasteiger partial charge in [-0.3, -0.25) is 14.5 Å². The molecule has 0 unspecified atom stereocenters. The summed E-state index contributed by atoms with van der Waals surface area (Å²) in [7, 11) is 1.60. The molecule has 1 N–H and O–H groups in total. The molecule has 2 amide bonds. The highest BCUT2D eigenvalue weighted by molar-refractivity contribution is 8.26. The number of benzene rings is 2. The molecule has 3 rings (SSSR count). The highest BCUT2D eigenvalue weighted by atomic mass is 32.2. The lowest BCUT2D eigenvalue weighted by molar-refractivity contribution is -0.122. The lowest BCUT2D eigenvalue weighted by Crippen LogP contribution is -2.37. The van der Waals surface area contributed by atoms with Crippen LogP contribution in [0.4, 0.5) is 0 Å². The minimum atomic E-state index is -0.162. The topological polar surface area (TPSA) is 58.6 Å². The number of carbonyl (C=O) groups excluding carboxylic acids is 2. The molecule has 1 heterocycles. The number of nitrogens with one attached hydrogen (secondary N) is 1. The molecule has 29 heavy (non-hydrogen) atoms. The Morgan fingerprint density at radius 1 is 1.21 bits per heavy atom. The van der Waals surface area contributed by atoms with Gasteiger partial charge >= 0.3 is 0 Å². The van der Waals surface area contributed by atoms with Crippen molar-refractivity contribution in [2.24, 2.45) is 0 Å². The molecule has 2 aromatic rings. The summed E-state index contributed by atoms with van der Waals surface area (Å²) >= 11 is 6.62. The molecule has 1 aliphatic rings. The van der Waals surface area contributed by atoms with Gasteiger partial charge in [-0.05, 0) is 60.9 Å². The highest BCUT2D eigenvalue weighted by Gasteiger charge is 2.31. The van der Waals surface area contributed by atoms with Crippen LogP contribution in [0.25, 0.3) is 6.08 Å². The van der Waals surface area contributed by atoms with E-state index in [1.807, 2.05) is 50.2 Å². The lowest BCUT2D eigenvalue weighted by atomic mass is 10.1. The van der Waals surface area contributed by atoms with Crippen molar-refractivity contribution in [1.29, 1.82) is 0 Å². The maximum Gasteiger partial charge on any atom is 0.266 e. The fraction of sp³-hybridized carbons (Fsp3) is 0.227. The second kappa shape index (κ2) is 9.24. The molecule has 1 aliphatic heterocycles. The molecule has 2 aromatic carbocycles. The summed E-state index contributed by atoms with van der Waals surface area (Å²) in [4.78, 5) is 27.1. The van der Waals surface area contributed by atoms with Gasteiger partial charge in [0, 0.05) is 18.7 Å². The highest BCUT2D eigenvalue weighted by Crippen LogP contribution is 2.32. The summed E-state index contributed by atoms with van der Waals surface area (Å²) in [6, 6.07) is 13.1. The number of methoxy groups -OCH3 is 1. The van der Waals surface area contributed by atoms with Crippen LogP contribution in [0.15, 0.2) is 47.4 Å². The number of nitrogens with zero attached hydrogens (tertiary/aromatic N) is 1. The summed E-state index contributed by atoms with van der Waals surface area (Å²) in [6.07, 6.45) is 1.80. The van der Waals surface area contributed by atoms with Gasteiger partial charge < -0.3 is 10.1 Å². The standard InChI is InChI=1S/C22H22N2O3S2/c1-14-7-8-17(11-15(14)2)20(25)23-9-10-24-21(26)19(29-22(24)28)13-16-5-4-6-18(12-16)27-3/h4-8,11-13H,9-10H2,1-3H3,(H,23,25)/b19-13+. The van der Waals surface area contributed by atoms with Crippen molar-refractivity contribution in [3.05, 3.63) is 69.6 Å². The Hall–Kier alpha value is -2.64. The van der Waals surface area contributed by atoms with E-state index in [0.717, 1.165) is 22.4 Å². The zero-order valence-electron chi connectivity index (χ0n) is 16.5. The summed E-state index contributed by atoms with van der Waals surface area (Å²) in [6.45, 7) is 4.63. The lowest BCUT2D eigenvalue weighted by Gasteiger charge is -2.15. The fourth-order valence-corrected chi connectivity index (χ4v) is 4.15. The maximum absolute atomic E-state index is 12.7. The molecule has 0 saturated carbocycles. The number of ether oxygens (including phenoxy) is 1. The number of thioether (sulfide) groups is 1. The molecule has 0 aliphatic carbocycles. The molecule has 150 valence electrons. The number of aryl methyl sites for hydroxylation is 2. The number of rotatable bonds is 6. The van der Waals surface area contributed by atoms with E-state index in [0.29, 0.717) is 27.9 Å². The molecular formula is C22H22N2O3S2. The molecule has 1 fully saturated rings. The number of thiocarbonyl (C=S) groups is 1. The summed E-state index contributed by atoms with van der Waals surface area (Å²) in [5.74, 6) is 0.414. The Morgan fingerprint density at radius 3 is 2.72 bits per heavy atom. The van der Waals surface area contributed by atoms with Crippen LogP contribution >= 0.6 is 24.0 Å². The van der Waals surface area contributed by atoms with Crippen molar-refractivity contribution >= 4 is 46.2 Å². The SMILES string of the molecule is COc1cccc(/C=C2/SC(=S)N(CCNC(=O)c3ccc(C)c(C)c3)C2=O)c1. The minimum Gasteiger partial charge on any atom is -0.497 e. The van der Waals surface area contributed by atoms with E-state index in [4.69, 9.17) is 17.0 Å². The predicted molar refractivity (Wildman–Crippen MR) is 121 cm³/mol. The summed E-state index contributed by atoms with van der Waals surface area (Å²) < 4.78 is 5.71. The molecule has 0 bridgehead atoms. The van der Waals surface area contributed by atoms with Crippen molar-refractivity contribution < 1.29 is 14.3 Å². The van der Waals surface area contributed by atoms with Crippen LogP contribution in [0.3, 0.4) is 0 Å². The molecule has 1 saturated heterocycles. The number of hydrogen-bond acceptors (Lipinski definition) is 5. The first-order chi connectivity index (χ1) is 13.9. The molecular weight excluding hydrogens is 404 g/mol. The molecule has 0 radical (unpaired) electrons. The van der Waals surface area contributed by atoms with Crippen molar-refractivity contribution in [3.63, 3.8) is 0 Å². The minimum absolute atomic E-state index is 0.150. The molecule has 0 spiro atoms. The van der Waals surface area contributed by atoms with E-state index < -0.39 is 0 Å². The summed E-state index contributed by atoms with van der Waals surface area (Å²) in [5, 5.41) is 2.86. The van der Waals surface area contributed by atoms with Crippen LogP contribution in [0, 0.1) is 13.8 Å². The number of amides is 2. The first-order valence-electron chi connectivity index (χ1n) is 9.14. The van der Waals surface area contributed by atoms with Gasteiger partial charge in [0.25, 0.3) is 11.8 Å². The van der Waals surface area contributed by atoms with Crippen LogP contribution in [0.1, 0.15) is 27.0 Å². The van der Waals surface area contributed by atoms with Gasteiger partial charge in [-0.1, -0.05) is 42.2 Å². The third kappa shape index (κ3) is 5.05. The Labute approximate surface area is 180 Å². The Kier molecular flexibility index (Phi) is 6.71. The quantitative estimate of drug-likeness (QED) is 0.560. The van der Waals surface area contributed by atoms with E-state index in [1.54, 1.807) is 19.3 Å². The van der Waals surface area contributed by atoms with Crippen molar-refractivity contribution in [3.8, 4) is 5.75 Å². The zero-order chi connectivity index (χ0) is 21.0. The molecule has 5 nitrogen and oxygen atoms in total. The van der Waals surface area contributed by atoms with E-state index in [-0.39, 0.29) is 11.8 Å². The zero-order valence-corrected chi connectivity index (χ0v) is 18.2. The smallest absolute Gasteiger partial charge is 0.266 e. The first-order valence-corrected chi connectivity index (χ1v) is 10.4. The molecule has 0 atom stereocenters. The maximum atomic E-state index is 12.7. The molecule has 0 aromatic heterocycles. The summed E-state index contributed by atoms with van der Waals surface area (Å²) in [5.41, 5.74) is 3.68. The average Bonchev–Trinajstić information content (AvgIpc) is 2.97. The fourth-order valence-electron chi connectivity index (χ4n) is 2.84. The van der Waals surface area contributed by atoms with Gasteiger partial charge in [0.1, 0.15) is 10.1 Å². The first kappa shape index (κ1) is 21.1. The third-order valence-electron chi connectivity index (χ3n) is 4.66. The monoisotopic (exact) mass is 426 g/mol. The van der Waals surface area contributed by atoms with Gasteiger partial charge in [-0.2, -0.15) is 0 Å². The van der Waals surface area contributed by atoms with Crippen LogP contribution in [-0.4, -0.2) is 41.2 Å². The number of hydrogen-bond donors (Lipinski definition) is 1. The Bertz CT molecular complexity index is 1000. The molecule has 7 heteroatoms. The third-order valence-corrected chi connectivity index (χ3v) is 6.03. The van der Waals surface area contributed by atoms with Gasteiger partial charge in [0.2, 0.25) is 0 Å². The average molecular weight is 427 g/mol. The van der Waals surface area contributed by atoms with Crippen molar-refractivity contribution in [1.82, 2.24) is 10.2 Å². The van der Waals surface area contributed by atoms with Crippen LogP contribution in [0.2, 0.25) is 0 Å². The van der Waals surface area contributed by atoms with Crippen molar-refractivity contribution in [2.45, 2.75) is 13.8 Å². The Morgan fingerprint density at radius 2 is 2.00 bits per heavy atom. The van der Waals surface area contributed by atoms with Crippen molar-refractivity contribution in [2.75, 3.05) is 20.2 Å². The van der Waals surface area contributed by atoms with Gasteiger partial charge in [0.15, 0.2) is 0 Å². The van der Waals surface area contributed by atoms with Gasteiger partial charge in [-0.15, -0.1) is 0 Å².